The molecule has 2 heteroatoms. The number of hydrogen-bond acceptors (Lipinski definition) is 2. The zero-order chi connectivity index (χ0) is 5.98. The first-order valence-corrected chi connectivity index (χ1v) is 2.98. The molecule has 2 nitrogen and oxygen atoms in total. The first kappa shape index (κ1) is 6.05. The summed E-state index contributed by atoms with van der Waals surface area (Å²) < 4.78 is 0. The van der Waals surface area contributed by atoms with Crippen molar-refractivity contribution < 1.29 is 4.84 Å². The van der Waals surface area contributed by atoms with Gasteiger partial charge in [-0.25, -0.2) is 0 Å². The highest BCUT2D eigenvalue weighted by Gasteiger charge is 2.19. The Bertz CT molecular complexity index is 74.9. The highest BCUT2D eigenvalue weighted by atomic mass is 16.7. The summed E-state index contributed by atoms with van der Waals surface area (Å²) in [5.41, 5.74) is 0. The van der Waals surface area contributed by atoms with E-state index < -0.39 is 0 Å². The first-order chi connectivity index (χ1) is 3.84. The standard InChI is InChI=1S/C6H12NO/c1-6-4-3-5-7(6)8-2/h3-5H2,1-2H3. The van der Waals surface area contributed by atoms with Crippen molar-refractivity contribution in [1.82, 2.24) is 5.06 Å². The monoisotopic (exact) mass is 114 g/mol. The van der Waals surface area contributed by atoms with Crippen LogP contribution >= 0.6 is 0 Å². The fraction of sp³-hybridized carbons (Fsp3) is 0.833. The minimum Gasteiger partial charge on any atom is -0.302 e. The third-order valence-corrected chi connectivity index (χ3v) is 1.55. The van der Waals surface area contributed by atoms with Gasteiger partial charge in [-0.3, -0.25) is 0 Å². The third-order valence-electron chi connectivity index (χ3n) is 1.55. The average Bonchev–Trinajstić information content (AvgIpc) is 2.14. The zero-order valence-corrected chi connectivity index (χ0v) is 5.48. The Kier molecular flexibility index (Phi) is 1.86. The molecule has 1 aliphatic heterocycles. The van der Waals surface area contributed by atoms with Crippen LogP contribution in [0.25, 0.3) is 0 Å². The van der Waals surface area contributed by atoms with Crippen molar-refractivity contribution in [3.8, 4) is 0 Å². The van der Waals surface area contributed by atoms with Crippen molar-refractivity contribution in [3.63, 3.8) is 0 Å². The van der Waals surface area contributed by atoms with Crippen LogP contribution in [-0.2, 0) is 4.84 Å². The maximum atomic E-state index is 5.02. The Hall–Kier alpha value is -0.0800. The highest BCUT2D eigenvalue weighted by Crippen LogP contribution is 2.21. The lowest BCUT2D eigenvalue weighted by atomic mass is 10.3. The van der Waals surface area contributed by atoms with Crippen LogP contribution in [-0.4, -0.2) is 18.7 Å². The van der Waals surface area contributed by atoms with E-state index in [0.29, 0.717) is 0 Å². The van der Waals surface area contributed by atoms with Crippen LogP contribution in [0.4, 0.5) is 0 Å². The molecule has 0 spiro atoms. The molecule has 0 atom stereocenters. The van der Waals surface area contributed by atoms with E-state index in [9.17, 15) is 0 Å². The molecular weight excluding hydrogens is 102 g/mol. The highest BCUT2D eigenvalue weighted by molar-refractivity contribution is 4.85. The summed E-state index contributed by atoms with van der Waals surface area (Å²) in [5, 5.41) is 1.94. The topological polar surface area (TPSA) is 12.5 Å². The zero-order valence-electron chi connectivity index (χ0n) is 5.48. The van der Waals surface area contributed by atoms with Crippen molar-refractivity contribution in [2.75, 3.05) is 13.7 Å². The van der Waals surface area contributed by atoms with Gasteiger partial charge in [0.05, 0.1) is 13.2 Å². The lowest BCUT2D eigenvalue weighted by molar-refractivity contribution is -0.106. The number of rotatable bonds is 1. The van der Waals surface area contributed by atoms with Crippen molar-refractivity contribution in [2.45, 2.75) is 19.8 Å². The minimum atomic E-state index is 1.07. The average molecular weight is 114 g/mol. The summed E-state index contributed by atoms with van der Waals surface area (Å²) in [6, 6.07) is 1.35. The molecule has 1 aliphatic rings. The van der Waals surface area contributed by atoms with E-state index >= 15 is 0 Å². The van der Waals surface area contributed by atoms with E-state index in [2.05, 4.69) is 6.92 Å². The molecule has 0 bridgehead atoms. The third kappa shape index (κ3) is 1.01. The predicted octanol–water partition coefficient (Wildman–Crippen LogP) is 1.20. The molecule has 0 saturated carbocycles. The van der Waals surface area contributed by atoms with Crippen LogP contribution in [0.3, 0.4) is 0 Å². The fourth-order valence-electron chi connectivity index (χ4n) is 1.04. The van der Waals surface area contributed by atoms with Gasteiger partial charge >= 0.3 is 0 Å². The molecule has 1 saturated heterocycles. The summed E-state index contributed by atoms with van der Waals surface area (Å²) in [4.78, 5) is 5.02. The van der Waals surface area contributed by atoms with Gasteiger partial charge in [0.1, 0.15) is 0 Å². The van der Waals surface area contributed by atoms with E-state index in [1.165, 1.54) is 18.9 Å². The maximum absolute atomic E-state index is 5.02. The van der Waals surface area contributed by atoms with E-state index in [-0.39, 0.29) is 0 Å². The summed E-state index contributed by atoms with van der Waals surface area (Å²) >= 11 is 0. The smallest absolute Gasteiger partial charge is 0.0638 e. The second kappa shape index (κ2) is 2.46. The van der Waals surface area contributed by atoms with Crippen molar-refractivity contribution in [2.24, 2.45) is 0 Å². The van der Waals surface area contributed by atoms with E-state index in [1.54, 1.807) is 7.11 Å². The molecule has 0 aliphatic carbocycles. The van der Waals surface area contributed by atoms with Gasteiger partial charge in [-0.05, 0) is 19.8 Å². The van der Waals surface area contributed by atoms with Gasteiger partial charge in [0.2, 0.25) is 0 Å². The van der Waals surface area contributed by atoms with Crippen LogP contribution in [0.5, 0.6) is 0 Å². The van der Waals surface area contributed by atoms with E-state index in [1.807, 2.05) is 5.06 Å². The molecule has 0 N–H and O–H groups in total. The molecule has 0 unspecified atom stereocenters. The van der Waals surface area contributed by atoms with Gasteiger partial charge in [0.25, 0.3) is 0 Å². The molecular formula is C6H12NO. The number of hydroxylamine groups is 2. The lowest BCUT2D eigenvalue weighted by Crippen LogP contribution is -2.18. The molecule has 47 valence electrons. The predicted molar refractivity (Wildman–Crippen MR) is 31.9 cm³/mol. The van der Waals surface area contributed by atoms with Crippen LogP contribution in [0.1, 0.15) is 19.8 Å². The molecule has 1 radical (unpaired) electrons. The Morgan fingerprint density at radius 1 is 1.62 bits per heavy atom. The SMILES string of the molecule is CON1CCC[C]1C. The maximum Gasteiger partial charge on any atom is 0.0638 e. The summed E-state index contributed by atoms with van der Waals surface area (Å²) in [6.07, 6.45) is 2.45. The molecule has 1 rings (SSSR count). The molecule has 1 fully saturated rings. The van der Waals surface area contributed by atoms with Gasteiger partial charge in [-0.2, -0.15) is 5.06 Å². The van der Waals surface area contributed by atoms with E-state index in [4.69, 9.17) is 4.84 Å². The van der Waals surface area contributed by atoms with Crippen LogP contribution < -0.4 is 0 Å². The van der Waals surface area contributed by atoms with Crippen LogP contribution in [0.2, 0.25) is 0 Å². The molecule has 0 aromatic carbocycles. The summed E-state index contributed by atoms with van der Waals surface area (Å²) in [5.74, 6) is 0. The minimum absolute atomic E-state index is 1.07. The first-order valence-electron chi connectivity index (χ1n) is 2.98. The molecule has 0 amide bonds. The van der Waals surface area contributed by atoms with Gasteiger partial charge in [-0.1, -0.05) is 0 Å². The van der Waals surface area contributed by atoms with Gasteiger partial charge < -0.3 is 4.84 Å². The Morgan fingerprint density at radius 3 is 2.62 bits per heavy atom. The van der Waals surface area contributed by atoms with Gasteiger partial charge in [-0.15, -0.1) is 0 Å². The molecule has 1 heterocycles. The lowest BCUT2D eigenvalue weighted by Gasteiger charge is -2.15. The van der Waals surface area contributed by atoms with Crippen molar-refractivity contribution in [3.05, 3.63) is 6.04 Å². The molecule has 0 aromatic rings. The Labute approximate surface area is 50.4 Å². The van der Waals surface area contributed by atoms with Crippen LogP contribution in [0.15, 0.2) is 0 Å². The fourth-order valence-corrected chi connectivity index (χ4v) is 1.04. The summed E-state index contributed by atoms with van der Waals surface area (Å²) in [7, 11) is 1.72. The van der Waals surface area contributed by atoms with Crippen molar-refractivity contribution >= 4 is 0 Å². The van der Waals surface area contributed by atoms with E-state index in [0.717, 1.165) is 6.54 Å². The van der Waals surface area contributed by atoms with Crippen LogP contribution in [0, 0.1) is 6.04 Å². The second-order valence-electron chi connectivity index (χ2n) is 2.12. The molecule has 0 aromatic heterocycles. The summed E-state index contributed by atoms with van der Waals surface area (Å²) in [6.45, 7) is 3.18. The second-order valence-corrected chi connectivity index (χ2v) is 2.12. The van der Waals surface area contributed by atoms with Gasteiger partial charge in [0.15, 0.2) is 0 Å². The Morgan fingerprint density at radius 2 is 2.38 bits per heavy atom. The molecule has 8 heavy (non-hydrogen) atoms. The Balaban J connectivity index is 2.30. The largest absolute Gasteiger partial charge is 0.302 e. The number of hydrogen-bond donors (Lipinski definition) is 0. The quantitative estimate of drug-likeness (QED) is 0.507. The normalized spacial score (nSPS) is 24.8. The van der Waals surface area contributed by atoms with Gasteiger partial charge in [0, 0.05) is 6.54 Å². The van der Waals surface area contributed by atoms with Crippen molar-refractivity contribution in [1.29, 1.82) is 0 Å². The number of nitrogens with zero attached hydrogens (tertiary/aromatic N) is 1.